The molecule has 106 valence electrons. The molecular weight excluding hydrogens is 256 g/mol. The van der Waals surface area contributed by atoms with Gasteiger partial charge < -0.3 is 10.3 Å². The maximum atomic E-state index is 5.77. The van der Waals surface area contributed by atoms with Crippen molar-refractivity contribution < 1.29 is 0 Å². The Labute approximate surface area is 119 Å². The molecule has 2 N–H and O–H groups in total. The van der Waals surface area contributed by atoms with Crippen LogP contribution in [0, 0.1) is 11.8 Å². The van der Waals surface area contributed by atoms with Crippen LogP contribution in [0.4, 0.5) is 0 Å². The monoisotopic (exact) mass is 280 g/mol. The van der Waals surface area contributed by atoms with E-state index in [1.54, 1.807) is 0 Å². The highest BCUT2D eigenvalue weighted by atomic mass is 32.2. The summed E-state index contributed by atoms with van der Waals surface area (Å²) in [5.41, 5.74) is 5.77. The third-order valence-electron chi connectivity index (χ3n) is 4.24. The summed E-state index contributed by atoms with van der Waals surface area (Å²) in [6.45, 7) is 5.25. The van der Waals surface area contributed by atoms with Crippen LogP contribution in [0.5, 0.6) is 0 Å². The summed E-state index contributed by atoms with van der Waals surface area (Å²) in [6, 6.07) is 0.620. The second kappa shape index (κ2) is 5.44. The van der Waals surface area contributed by atoms with Crippen LogP contribution in [0.25, 0.3) is 0 Å². The van der Waals surface area contributed by atoms with Crippen molar-refractivity contribution in [3.05, 3.63) is 5.82 Å². The van der Waals surface area contributed by atoms with Crippen molar-refractivity contribution in [2.75, 3.05) is 0 Å². The summed E-state index contributed by atoms with van der Waals surface area (Å²) in [4.78, 5) is 0. The molecule has 2 aliphatic carbocycles. The first-order valence-corrected chi connectivity index (χ1v) is 8.35. The summed E-state index contributed by atoms with van der Waals surface area (Å²) in [6.07, 6.45) is 6.52. The fraction of sp³-hybridized carbons (Fsp3) is 0.857. The third-order valence-corrected chi connectivity index (χ3v) is 5.44. The highest BCUT2D eigenvalue weighted by Crippen LogP contribution is 2.42. The van der Waals surface area contributed by atoms with Gasteiger partial charge in [-0.1, -0.05) is 25.6 Å². The fourth-order valence-electron chi connectivity index (χ4n) is 3.34. The maximum Gasteiger partial charge on any atom is 0.191 e. The first-order valence-electron chi connectivity index (χ1n) is 7.47. The molecule has 4 nitrogen and oxygen atoms in total. The van der Waals surface area contributed by atoms with Crippen molar-refractivity contribution >= 4 is 11.8 Å². The molecule has 2 fully saturated rings. The Morgan fingerprint density at radius 2 is 1.84 bits per heavy atom. The summed E-state index contributed by atoms with van der Waals surface area (Å²) in [5.74, 6) is 2.64. The van der Waals surface area contributed by atoms with Crippen molar-refractivity contribution in [1.82, 2.24) is 14.8 Å². The van der Waals surface area contributed by atoms with E-state index in [1.807, 2.05) is 11.8 Å². The van der Waals surface area contributed by atoms with Gasteiger partial charge in [0.2, 0.25) is 0 Å². The highest BCUT2D eigenvalue weighted by molar-refractivity contribution is 7.99. The molecule has 0 amide bonds. The van der Waals surface area contributed by atoms with Crippen LogP contribution in [0.3, 0.4) is 0 Å². The Morgan fingerprint density at radius 1 is 1.16 bits per heavy atom. The Morgan fingerprint density at radius 3 is 2.42 bits per heavy atom. The SMILES string of the molecule is CC1CC(C)CC(Sc2nnc(CN)n2C2CC2)C1. The van der Waals surface area contributed by atoms with E-state index in [-0.39, 0.29) is 0 Å². The topological polar surface area (TPSA) is 56.7 Å². The van der Waals surface area contributed by atoms with E-state index >= 15 is 0 Å². The smallest absolute Gasteiger partial charge is 0.191 e. The lowest BCUT2D eigenvalue weighted by atomic mass is 9.83. The quantitative estimate of drug-likeness (QED) is 0.921. The van der Waals surface area contributed by atoms with Crippen LogP contribution in [-0.2, 0) is 6.54 Å². The normalized spacial score (nSPS) is 31.6. The van der Waals surface area contributed by atoms with E-state index in [2.05, 4.69) is 28.6 Å². The highest BCUT2D eigenvalue weighted by Gasteiger charge is 2.31. The minimum atomic E-state index is 0.502. The largest absolute Gasteiger partial charge is 0.324 e. The number of nitrogens with zero attached hydrogens (tertiary/aromatic N) is 3. The zero-order valence-corrected chi connectivity index (χ0v) is 12.7. The molecule has 2 aliphatic rings. The van der Waals surface area contributed by atoms with Crippen LogP contribution in [0.15, 0.2) is 5.16 Å². The van der Waals surface area contributed by atoms with Crippen LogP contribution < -0.4 is 5.73 Å². The van der Waals surface area contributed by atoms with E-state index in [0.717, 1.165) is 22.8 Å². The molecular formula is C14H24N4S. The van der Waals surface area contributed by atoms with E-state index in [9.17, 15) is 0 Å². The lowest BCUT2D eigenvalue weighted by molar-refractivity contribution is 0.308. The average molecular weight is 280 g/mol. The lowest BCUT2D eigenvalue weighted by Gasteiger charge is -2.30. The van der Waals surface area contributed by atoms with Crippen molar-refractivity contribution in [2.45, 2.75) is 68.9 Å². The number of aromatic nitrogens is 3. The summed E-state index contributed by atoms with van der Waals surface area (Å²) in [5, 5.41) is 10.5. The zero-order valence-electron chi connectivity index (χ0n) is 11.9. The van der Waals surface area contributed by atoms with Crippen molar-refractivity contribution in [1.29, 1.82) is 0 Å². The Hall–Kier alpha value is -0.550. The molecule has 1 aromatic heterocycles. The molecule has 0 aliphatic heterocycles. The molecule has 0 saturated heterocycles. The van der Waals surface area contributed by atoms with Gasteiger partial charge in [0.05, 0.1) is 6.54 Å². The Bertz CT molecular complexity index is 431. The van der Waals surface area contributed by atoms with Gasteiger partial charge >= 0.3 is 0 Å². The van der Waals surface area contributed by atoms with Gasteiger partial charge in [-0.3, -0.25) is 0 Å². The van der Waals surface area contributed by atoms with Gasteiger partial charge in [-0.05, 0) is 43.9 Å². The van der Waals surface area contributed by atoms with Crippen LogP contribution in [0.2, 0.25) is 0 Å². The number of hydrogen-bond donors (Lipinski definition) is 1. The van der Waals surface area contributed by atoms with E-state index in [0.29, 0.717) is 17.8 Å². The van der Waals surface area contributed by atoms with E-state index < -0.39 is 0 Å². The lowest BCUT2D eigenvalue weighted by Crippen LogP contribution is -2.21. The molecule has 2 saturated carbocycles. The minimum Gasteiger partial charge on any atom is -0.324 e. The number of nitrogens with two attached hydrogens (primary N) is 1. The van der Waals surface area contributed by atoms with Gasteiger partial charge in [0.25, 0.3) is 0 Å². The predicted octanol–water partition coefficient (Wildman–Crippen LogP) is 2.99. The molecule has 0 aromatic carbocycles. The maximum absolute atomic E-state index is 5.77. The molecule has 0 spiro atoms. The van der Waals surface area contributed by atoms with Gasteiger partial charge in [0.15, 0.2) is 5.16 Å². The van der Waals surface area contributed by atoms with Crippen molar-refractivity contribution in [2.24, 2.45) is 17.6 Å². The second-order valence-corrected chi connectivity index (χ2v) is 7.63. The summed E-state index contributed by atoms with van der Waals surface area (Å²) in [7, 11) is 0. The molecule has 1 aromatic rings. The van der Waals surface area contributed by atoms with Crippen molar-refractivity contribution in [3.63, 3.8) is 0 Å². The van der Waals surface area contributed by atoms with Gasteiger partial charge in [-0.25, -0.2) is 0 Å². The van der Waals surface area contributed by atoms with E-state index in [4.69, 9.17) is 5.73 Å². The Kier molecular flexibility index (Phi) is 3.85. The molecule has 0 radical (unpaired) electrons. The molecule has 1 heterocycles. The van der Waals surface area contributed by atoms with Crippen molar-refractivity contribution in [3.8, 4) is 0 Å². The van der Waals surface area contributed by atoms with Gasteiger partial charge in [0.1, 0.15) is 5.82 Å². The second-order valence-electron chi connectivity index (χ2n) is 6.36. The molecule has 0 bridgehead atoms. The standard InChI is InChI=1S/C14H24N4S/c1-9-5-10(2)7-12(6-9)19-14-17-16-13(8-15)18(14)11-3-4-11/h9-12H,3-8,15H2,1-2H3. The van der Waals surface area contributed by atoms with Gasteiger partial charge in [-0.2, -0.15) is 0 Å². The molecule has 3 rings (SSSR count). The first-order chi connectivity index (χ1) is 9.17. The number of rotatable bonds is 4. The van der Waals surface area contributed by atoms with Crippen LogP contribution >= 0.6 is 11.8 Å². The van der Waals surface area contributed by atoms with Crippen LogP contribution in [0.1, 0.15) is 57.8 Å². The molecule has 2 atom stereocenters. The summed E-state index contributed by atoms with van der Waals surface area (Å²) < 4.78 is 2.30. The zero-order chi connectivity index (χ0) is 13.4. The van der Waals surface area contributed by atoms with Crippen LogP contribution in [-0.4, -0.2) is 20.0 Å². The Balaban J connectivity index is 1.74. The molecule has 5 heteroatoms. The first kappa shape index (κ1) is 13.4. The fourth-order valence-corrected chi connectivity index (χ4v) is 4.95. The van der Waals surface area contributed by atoms with E-state index in [1.165, 1.54) is 32.1 Å². The predicted molar refractivity (Wildman–Crippen MR) is 78.0 cm³/mol. The molecule has 19 heavy (non-hydrogen) atoms. The number of thioether (sulfide) groups is 1. The van der Waals surface area contributed by atoms with Gasteiger partial charge in [0, 0.05) is 11.3 Å². The summed E-state index contributed by atoms with van der Waals surface area (Å²) >= 11 is 1.94. The van der Waals surface area contributed by atoms with Gasteiger partial charge in [-0.15, -0.1) is 10.2 Å². The molecule has 2 unspecified atom stereocenters. The minimum absolute atomic E-state index is 0.502. The third kappa shape index (κ3) is 2.97. The average Bonchev–Trinajstić information content (AvgIpc) is 3.10. The number of hydrogen-bond acceptors (Lipinski definition) is 4.